The maximum Gasteiger partial charge on any atom is 0.0753 e. The monoisotopic (exact) mass is 216 g/mol. The van der Waals surface area contributed by atoms with Crippen molar-refractivity contribution in [3.8, 4) is 0 Å². The molecule has 0 amide bonds. The smallest absolute Gasteiger partial charge is 0.0753 e. The first-order valence-corrected chi connectivity index (χ1v) is 5.95. The highest BCUT2D eigenvalue weighted by Gasteiger charge is 2.20. The summed E-state index contributed by atoms with van der Waals surface area (Å²) in [5.74, 6) is 0.662. The van der Waals surface area contributed by atoms with Crippen molar-refractivity contribution in [2.24, 2.45) is 11.7 Å². The molecule has 0 aromatic heterocycles. The Morgan fingerprint density at radius 2 is 1.80 bits per heavy atom. The molecule has 0 saturated heterocycles. The Morgan fingerprint density at radius 3 is 2.13 bits per heavy atom. The van der Waals surface area contributed by atoms with Crippen LogP contribution >= 0.6 is 0 Å². The highest BCUT2D eigenvalue weighted by molar-refractivity contribution is 4.76. The zero-order chi connectivity index (χ0) is 12.1. The van der Waals surface area contributed by atoms with Gasteiger partial charge in [-0.25, -0.2) is 0 Å². The van der Waals surface area contributed by atoms with E-state index in [4.69, 9.17) is 5.73 Å². The first kappa shape index (κ1) is 14.9. The summed E-state index contributed by atoms with van der Waals surface area (Å²) >= 11 is 0. The molecule has 0 aliphatic carbocycles. The molecule has 1 unspecified atom stereocenters. The van der Waals surface area contributed by atoms with Gasteiger partial charge in [0.1, 0.15) is 0 Å². The highest BCUT2D eigenvalue weighted by atomic mass is 16.3. The maximum atomic E-state index is 9.84. The van der Waals surface area contributed by atoms with Crippen molar-refractivity contribution in [3.05, 3.63) is 0 Å². The van der Waals surface area contributed by atoms with Crippen LogP contribution in [-0.2, 0) is 0 Å². The van der Waals surface area contributed by atoms with Gasteiger partial charge in [0, 0.05) is 25.7 Å². The van der Waals surface area contributed by atoms with Crippen molar-refractivity contribution < 1.29 is 5.11 Å². The van der Waals surface area contributed by atoms with Gasteiger partial charge in [-0.3, -0.25) is 0 Å². The summed E-state index contributed by atoms with van der Waals surface area (Å²) in [6.07, 6.45) is 0.744. The molecule has 0 spiro atoms. The molecule has 15 heavy (non-hydrogen) atoms. The lowest BCUT2D eigenvalue weighted by molar-refractivity contribution is 0.0418. The predicted octanol–water partition coefficient (Wildman–Crippen LogP) is 1.45. The molecule has 3 N–H and O–H groups in total. The van der Waals surface area contributed by atoms with Gasteiger partial charge >= 0.3 is 0 Å². The van der Waals surface area contributed by atoms with E-state index in [1.807, 2.05) is 0 Å². The summed E-state index contributed by atoms with van der Waals surface area (Å²) in [4.78, 5) is 2.40. The minimum absolute atomic E-state index is 0.334. The van der Waals surface area contributed by atoms with E-state index in [0.29, 0.717) is 18.5 Å². The summed E-state index contributed by atoms with van der Waals surface area (Å²) in [6, 6.07) is 0.529. The third-order valence-electron chi connectivity index (χ3n) is 2.71. The summed E-state index contributed by atoms with van der Waals surface area (Å²) in [7, 11) is 0. The Hall–Kier alpha value is -0.120. The lowest BCUT2D eigenvalue weighted by Gasteiger charge is -2.31. The molecule has 3 nitrogen and oxygen atoms in total. The van der Waals surface area contributed by atoms with Crippen LogP contribution in [-0.4, -0.2) is 41.3 Å². The van der Waals surface area contributed by atoms with Gasteiger partial charge in [0.15, 0.2) is 0 Å². The van der Waals surface area contributed by atoms with Crippen LogP contribution in [0.15, 0.2) is 0 Å². The fourth-order valence-corrected chi connectivity index (χ4v) is 1.52. The van der Waals surface area contributed by atoms with Crippen LogP contribution in [0.3, 0.4) is 0 Å². The molecule has 0 aliphatic rings. The van der Waals surface area contributed by atoms with Crippen LogP contribution in [0, 0.1) is 5.92 Å². The van der Waals surface area contributed by atoms with Gasteiger partial charge in [0.2, 0.25) is 0 Å². The van der Waals surface area contributed by atoms with Crippen LogP contribution in [0.2, 0.25) is 0 Å². The minimum Gasteiger partial charge on any atom is -0.389 e. The van der Waals surface area contributed by atoms with E-state index >= 15 is 0 Å². The van der Waals surface area contributed by atoms with Crippen molar-refractivity contribution in [3.63, 3.8) is 0 Å². The maximum absolute atomic E-state index is 9.84. The van der Waals surface area contributed by atoms with Gasteiger partial charge in [-0.1, -0.05) is 13.8 Å². The molecular formula is C12H28N2O. The van der Waals surface area contributed by atoms with Gasteiger partial charge in [0.25, 0.3) is 0 Å². The summed E-state index contributed by atoms with van der Waals surface area (Å²) < 4.78 is 0. The van der Waals surface area contributed by atoms with Crippen molar-refractivity contribution in [1.29, 1.82) is 0 Å². The second-order valence-electron chi connectivity index (χ2n) is 5.43. The Labute approximate surface area is 94.6 Å². The fraction of sp³-hybridized carbons (Fsp3) is 1.00. The molecule has 0 heterocycles. The van der Waals surface area contributed by atoms with Crippen molar-refractivity contribution in [1.82, 2.24) is 4.90 Å². The molecule has 1 atom stereocenters. The Kier molecular flexibility index (Phi) is 6.41. The number of nitrogens with zero attached hydrogens (tertiary/aromatic N) is 1. The van der Waals surface area contributed by atoms with Crippen LogP contribution in [0.25, 0.3) is 0 Å². The lowest BCUT2D eigenvalue weighted by atomic mass is 10.0. The Bertz CT molecular complexity index is 167. The highest BCUT2D eigenvalue weighted by Crippen LogP contribution is 2.11. The van der Waals surface area contributed by atoms with E-state index in [0.717, 1.165) is 19.5 Å². The van der Waals surface area contributed by atoms with Gasteiger partial charge in [0.05, 0.1) is 5.60 Å². The molecule has 0 rings (SSSR count). The summed E-state index contributed by atoms with van der Waals surface area (Å²) in [5, 5.41) is 9.84. The standard InChI is InChI=1S/C12H28N2O/c1-10(2)8-14(11(3)4)7-6-12(5,15)9-13/h10-11,15H,6-9,13H2,1-5H3. The van der Waals surface area contributed by atoms with Crippen LogP contribution in [0.4, 0.5) is 0 Å². The zero-order valence-electron chi connectivity index (χ0n) is 11.0. The number of nitrogens with two attached hydrogens (primary N) is 1. The molecule has 0 bridgehead atoms. The van der Waals surface area contributed by atoms with E-state index in [-0.39, 0.29) is 0 Å². The largest absolute Gasteiger partial charge is 0.389 e. The first-order chi connectivity index (χ1) is 6.78. The predicted molar refractivity (Wildman–Crippen MR) is 65.8 cm³/mol. The van der Waals surface area contributed by atoms with Gasteiger partial charge in [-0.15, -0.1) is 0 Å². The zero-order valence-corrected chi connectivity index (χ0v) is 11.0. The molecule has 0 saturated carbocycles. The van der Waals surface area contributed by atoms with Crippen LogP contribution < -0.4 is 5.73 Å². The molecule has 3 heteroatoms. The molecule has 0 aliphatic heterocycles. The second-order valence-corrected chi connectivity index (χ2v) is 5.43. The summed E-state index contributed by atoms with van der Waals surface area (Å²) in [5.41, 5.74) is 4.78. The number of aliphatic hydroxyl groups is 1. The lowest BCUT2D eigenvalue weighted by Crippen LogP contribution is -2.41. The average molecular weight is 216 g/mol. The van der Waals surface area contributed by atoms with Gasteiger partial charge in [-0.05, 0) is 33.1 Å². The molecular weight excluding hydrogens is 188 g/mol. The average Bonchev–Trinajstić information content (AvgIpc) is 2.11. The Morgan fingerprint density at radius 1 is 1.27 bits per heavy atom. The number of hydrogen-bond acceptors (Lipinski definition) is 3. The fourth-order valence-electron chi connectivity index (χ4n) is 1.52. The van der Waals surface area contributed by atoms with Crippen molar-refractivity contribution >= 4 is 0 Å². The molecule has 0 fully saturated rings. The summed E-state index contributed by atoms with van der Waals surface area (Å²) in [6.45, 7) is 13.0. The Balaban J connectivity index is 4.07. The quantitative estimate of drug-likeness (QED) is 0.677. The normalized spacial score (nSPS) is 16.4. The second kappa shape index (κ2) is 6.46. The van der Waals surface area contributed by atoms with E-state index in [1.54, 1.807) is 6.92 Å². The van der Waals surface area contributed by atoms with E-state index in [2.05, 4.69) is 32.6 Å². The minimum atomic E-state index is -0.718. The van der Waals surface area contributed by atoms with Crippen LogP contribution in [0.5, 0.6) is 0 Å². The van der Waals surface area contributed by atoms with Gasteiger partial charge in [-0.2, -0.15) is 0 Å². The number of rotatable bonds is 7. The van der Waals surface area contributed by atoms with E-state index in [9.17, 15) is 5.11 Å². The van der Waals surface area contributed by atoms with E-state index in [1.165, 1.54) is 0 Å². The number of hydrogen-bond donors (Lipinski definition) is 2. The van der Waals surface area contributed by atoms with Gasteiger partial charge < -0.3 is 15.7 Å². The molecule has 92 valence electrons. The molecule has 0 aromatic rings. The SMILES string of the molecule is CC(C)CN(CCC(C)(O)CN)C(C)C. The third kappa shape index (κ3) is 6.88. The molecule has 0 aromatic carbocycles. The van der Waals surface area contributed by atoms with Crippen molar-refractivity contribution in [2.75, 3.05) is 19.6 Å². The first-order valence-electron chi connectivity index (χ1n) is 5.95. The third-order valence-corrected chi connectivity index (χ3v) is 2.71. The topological polar surface area (TPSA) is 49.5 Å². The van der Waals surface area contributed by atoms with Crippen LogP contribution in [0.1, 0.15) is 41.0 Å². The van der Waals surface area contributed by atoms with E-state index < -0.39 is 5.60 Å². The van der Waals surface area contributed by atoms with Crippen molar-refractivity contribution in [2.45, 2.75) is 52.7 Å². The molecule has 0 radical (unpaired) electrons.